The molecule has 0 unspecified atom stereocenters. The molecule has 0 bridgehead atoms. The van der Waals surface area contributed by atoms with Gasteiger partial charge in [-0.3, -0.25) is 4.79 Å². The molecule has 1 aliphatic heterocycles. The molecular formula is C16H21NO4. The zero-order valence-corrected chi connectivity index (χ0v) is 12.4. The molecule has 1 heterocycles. The number of ether oxygens (including phenoxy) is 1. The van der Waals surface area contributed by atoms with Crippen LogP contribution in [0, 0.1) is 19.8 Å². The van der Waals surface area contributed by atoms with E-state index in [0.29, 0.717) is 18.8 Å². The molecule has 21 heavy (non-hydrogen) atoms. The lowest BCUT2D eigenvalue weighted by molar-refractivity contribution is -0.143. The van der Waals surface area contributed by atoms with Crippen LogP contribution in [0.2, 0.25) is 0 Å². The van der Waals surface area contributed by atoms with E-state index < -0.39 is 12.0 Å². The van der Waals surface area contributed by atoms with Gasteiger partial charge in [0.25, 0.3) is 0 Å². The van der Waals surface area contributed by atoms with Crippen molar-refractivity contribution in [2.24, 2.45) is 5.92 Å². The minimum atomic E-state index is -1.05. The molecule has 0 aromatic heterocycles. The summed E-state index contributed by atoms with van der Waals surface area (Å²) in [6.07, 6.45) is 1.57. The van der Waals surface area contributed by atoms with Crippen LogP contribution in [0.5, 0.6) is 0 Å². The van der Waals surface area contributed by atoms with Crippen LogP contribution in [0.25, 0.3) is 0 Å². The second kappa shape index (κ2) is 6.72. The normalized spacial score (nSPS) is 19.8. The summed E-state index contributed by atoms with van der Waals surface area (Å²) in [5.74, 6) is -1.55. The van der Waals surface area contributed by atoms with Crippen molar-refractivity contribution in [3.63, 3.8) is 0 Å². The lowest BCUT2D eigenvalue weighted by atomic mass is 9.96. The number of hydrogen-bond donors (Lipinski definition) is 2. The first-order valence-electron chi connectivity index (χ1n) is 7.17. The first-order valence-corrected chi connectivity index (χ1v) is 7.17. The molecule has 114 valence electrons. The summed E-state index contributed by atoms with van der Waals surface area (Å²) in [5, 5.41) is 12.1. The highest BCUT2D eigenvalue weighted by Crippen LogP contribution is 2.22. The number of carboxylic acid groups (broad SMARTS) is 1. The van der Waals surface area contributed by atoms with Gasteiger partial charge in [0.05, 0.1) is 12.5 Å². The smallest absolute Gasteiger partial charge is 0.330 e. The van der Waals surface area contributed by atoms with Gasteiger partial charge in [0.15, 0.2) is 6.04 Å². The number of benzene rings is 1. The topological polar surface area (TPSA) is 75.6 Å². The lowest BCUT2D eigenvalue weighted by Gasteiger charge is -2.24. The van der Waals surface area contributed by atoms with Gasteiger partial charge in [0.2, 0.25) is 5.91 Å². The zero-order valence-electron chi connectivity index (χ0n) is 12.4. The van der Waals surface area contributed by atoms with Crippen molar-refractivity contribution in [3.05, 3.63) is 34.9 Å². The molecule has 2 N–H and O–H groups in total. The second-order valence-electron chi connectivity index (χ2n) is 5.48. The summed E-state index contributed by atoms with van der Waals surface area (Å²) in [6.45, 7) is 4.83. The molecule has 0 spiro atoms. The summed E-state index contributed by atoms with van der Waals surface area (Å²) in [5.41, 5.74) is 2.53. The molecule has 5 heteroatoms. The number of carbonyl (C=O) groups excluding carboxylic acids is 1. The van der Waals surface area contributed by atoms with Crippen LogP contribution in [0.15, 0.2) is 18.2 Å². The van der Waals surface area contributed by atoms with Crippen molar-refractivity contribution in [2.75, 3.05) is 13.2 Å². The van der Waals surface area contributed by atoms with Crippen LogP contribution in [0.3, 0.4) is 0 Å². The van der Waals surface area contributed by atoms with Gasteiger partial charge in [-0.25, -0.2) is 4.79 Å². The standard InChI is InChI=1S/C16H21NO4/c1-10-5-3-7-13(11(10)2)14(16(19)20)17-15(18)12-6-4-8-21-9-12/h3,5,7,12,14H,4,6,8-9H2,1-2H3,(H,17,18)(H,19,20)/t12-,14-/m1/s1. The first kappa shape index (κ1) is 15.5. The highest BCUT2D eigenvalue weighted by Gasteiger charge is 2.28. The van der Waals surface area contributed by atoms with Crippen molar-refractivity contribution >= 4 is 11.9 Å². The average molecular weight is 291 g/mol. The number of carboxylic acids is 1. The zero-order chi connectivity index (χ0) is 15.4. The fourth-order valence-electron chi connectivity index (χ4n) is 2.57. The molecule has 2 rings (SSSR count). The number of hydrogen-bond acceptors (Lipinski definition) is 3. The van der Waals surface area contributed by atoms with Gasteiger partial charge in [-0.1, -0.05) is 18.2 Å². The van der Waals surface area contributed by atoms with Crippen LogP contribution < -0.4 is 5.32 Å². The molecule has 0 radical (unpaired) electrons. The number of rotatable bonds is 4. The lowest BCUT2D eigenvalue weighted by Crippen LogP contribution is -2.40. The third-order valence-corrected chi connectivity index (χ3v) is 4.02. The molecule has 0 saturated carbocycles. The first-order chi connectivity index (χ1) is 10.0. The summed E-state index contributed by atoms with van der Waals surface area (Å²) in [6, 6.07) is 4.47. The van der Waals surface area contributed by atoms with E-state index in [4.69, 9.17) is 4.74 Å². The summed E-state index contributed by atoms with van der Waals surface area (Å²) in [7, 11) is 0. The monoisotopic (exact) mass is 291 g/mol. The maximum Gasteiger partial charge on any atom is 0.330 e. The Labute approximate surface area is 124 Å². The van der Waals surface area contributed by atoms with Crippen LogP contribution >= 0.6 is 0 Å². The van der Waals surface area contributed by atoms with Crippen molar-refractivity contribution in [1.82, 2.24) is 5.32 Å². The van der Waals surface area contributed by atoms with Crippen molar-refractivity contribution in [2.45, 2.75) is 32.7 Å². The average Bonchev–Trinajstić information content (AvgIpc) is 2.48. The highest BCUT2D eigenvalue weighted by atomic mass is 16.5. The van der Waals surface area contributed by atoms with Crippen LogP contribution in [0.4, 0.5) is 0 Å². The summed E-state index contributed by atoms with van der Waals surface area (Å²) in [4.78, 5) is 23.8. The van der Waals surface area contributed by atoms with E-state index in [1.807, 2.05) is 26.0 Å². The molecular weight excluding hydrogens is 270 g/mol. The van der Waals surface area contributed by atoms with Gasteiger partial charge in [-0.05, 0) is 43.4 Å². The molecule has 1 saturated heterocycles. The van der Waals surface area contributed by atoms with Crippen molar-refractivity contribution in [3.8, 4) is 0 Å². The van der Waals surface area contributed by atoms with Gasteiger partial charge < -0.3 is 15.2 Å². The van der Waals surface area contributed by atoms with E-state index in [1.54, 1.807) is 6.07 Å². The number of aryl methyl sites for hydroxylation is 1. The van der Waals surface area contributed by atoms with E-state index in [0.717, 1.165) is 24.0 Å². The Kier molecular flexibility index (Phi) is 4.96. The van der Waals surface area contributed by atoms with E-state index in [9.17, 15) is 14.7 Å². The maximum atomic E-state index is 12.2. The summed E-state index contributed by atoms with van der Waals surface area (Å²) >= 11 is 0. The minimum Gasteiger partial charge on any atom is -0.479 e. The molecule has 1 amide bonds. The quantitative estimate of drug-likeness (QED) is 0.889. The Morgan fingerprint density at radius 2 is 2.14 bits per heavy atom. The Morgan fingerprint density at radius 1 is 1.38 bits per heavy atom. The van der Waals surface area contributed by atoms with Gasteiger partial charge in [0.1, 0.15) is 0 Å². The highest BCUT2D eigenvalue weighted by molar-refractivity contribution is 5.86. The largest absolute Gasteiger partial charge is 0.479 e. The van der Waals surface area contributed by atoms with E-state index >= 15 is 0 Å². The second-order valence-corrected chi connectivity index (χ2v) is 5.48. The molecule has 1 aliphatic rings. The number of nitrogens with one attached hydrogen (secondary N) is 1. The fourth-order valence-corrected chi connectivity index (χ4v) is 2.57. The number of amides is 1. The number of carbonyl (C=O) groups is 2. The van der Waals surface area contributed by atoms with Crippen LogP contribution in [-0.2, 0) is 14.3 Å². The number of aliphatic carboxylic acids is 1. The molecule has 1 fully saturated rings. The van der Waals surface area contributed by atoms with Gasteiger partial charge in [-0.15, -0.1) is 0 Å². The fraction of sp³-hybridized carbons (Fsp3) is 0.500. The maximum absolute atomic E-state index is 12.2. The van der Waals surface area contributed by atoms with Crippen LogP contribution in [-0.4, -0.2) is 30.2 Å². The minimum absolute atomic E-state index is 0.247. The van der Waals surface area contributed by atoms with Gasteiger partial charge in [-0.2, -0.15) is 0 Å². The van der Waals surface area contributed by atoms with Crippen molar-refractivity contribution < 1.29 is 19.4 Å². The molecule has 2 atom stereocenters. The Hall–Kier alpha value is -1.88. The van der Waals surface area contributed by atoms with Gasteiger partial charge in [0, 0.05) is 6.61 Å². The predicted octanol–water partition coefficient (Wildman–Crippen LogP) is 1.97. The van der Waals surface area contributed by atoms with Crippen molar-refractivity contribution in [1.29, 1.82) is 0 Å². The van der Waals surface area contributed by atoms with E-state index in [1.165, 1.54) is 0 Å². The van der Waals surface area contributed by atoms with E-state index in [-0.39, 0.29) is 11.8 Å². The Bertz CT molecular complexity index is 535. The molecule has 5 nitrogen and oxygen atoms in total. The predicted molar refractivity (Wildman–Crippen MR) is 78.0 cm³/mol. The van der Waals surface area contributed by atoms with E-state index in [2.05, 4.69) is 5.32 Å². The Balaban J connectivity index is 2.17. The summed E-state index contributed by atoms with van der Waals surface area (Å²) < 4.78 is 5.29. The third-order valence-electron chi connectivity index (χ3n) is 4.02. The molecule has 1 aromatic rings. The third kappa shape index (κ3) is 3.61. The van der Waals surface area contributed by atoms with Crippen LogP contribution in [0.1, 0.15) is 35.6 Å². The van der Waals surface area contributed by atoms with Gasteiger partial charge >= 0.3 is 5.97 Å². The SMILES string of the molecule is Cc1cccc([C@@H](NC(=O)[C@@H]2CCCOC2)C(=O)O)c1C. The molecule has 1 aromatic carbocycles. The molecule has 0 aliphatic carbocycles. The Morgan fingerprint density at radius 3 is 2.76 bits per heavy atom.